The molecule has 0 unspecified atom stereocenters. The van der Waals surface area contributed by atoms with Gasteiger partial charge < -0.3 is 14.2 Å². The topological polar surface area (TPSA) is 74.7 Å². The highest BCUT2D eigenvalue weighted by atomic mass is 79.9. The van der Waals surface area contributed by atoms with Gasteiger partial charge in [0, 0.05) is 21.0 Å². The first kappa shape index (κ1) is 22.5. The van der Waals surface area contributed by atoms with E-state index < -0.39 is 5.97 Å². The normalized spacial score (nSPS) is 10.6. The van der Waals surface area contributed by atoms with Crippen LogP contribution < -0.4 is 9.47 Å². The second-order valence-corrected chi connectivity index (χ2v) is 8.09. The van der Waals surface area contributed by atoms with E-state index in [9.17, 15) is 9.59 Å². The van der Waals surface area contributed by atoms with Gasteiger partial charge in [-0.25, -0.2) is 9.78 Å². The summed E-state index contributed by atoms with van der Waals surface area (Å²) in [6.45, 7) is -0.374. The number of carbonyl (C=O) groups excluding carboxylic acids is 2. The second kappa shape index (κ2) is 9.83. The Morgan fingerprint density at radius 3 is 2.12 bits per heavy atom. The summed E-state index contributed by atoms with van der Waals surface area (Å²) in [4.78, 5) is 30.2. The lowest BCUT2D eigenvalue weighted by atomic mass is 10.0. The van der Waals surface area contributed by atoms with Crippen LogP contribution in [0.3, 0.4) is 0 Å². The molecule has 0 aliphatic heterocycles. The highest BCUT2D eigenvalue weighted by Crippen LogP contribution is 2.28. The summed E-state index contributed by atoms with van der Waals surface area (Å²) < 4.78 is 16.5. The third kappa shape index (κ3) is 5.04. The second-order valence-electron chi connectivity index (χ2n) is 7.17. The van der Waals surface area contributed by atoms with E-state index in [0.717, 1.165) is 15.8 Å². The van der Waals surface area contributed by atoms with Crippen molar-refractivity contribution in [2.24, 2.45) is 0 Å². The van der Waals surface area contributed by atoms with Crippen LogP contribution >= 0.6 is 15.9 Å². The highest BCUT2D eigenvalue weighted by Gasteiger charge is 2.18. The van der Waals surface area contributed by atoms with Crippen molar-refractivity contribution in [2.45, 2.75) is 0 Å². The average molecular weight is 506 g/mol. The van der Waals surface area contributed by atoms with Gasteiger partial charge in [0.2, 0.25) is 0 Å². The lowest BCUT2D eigenvalue weighted by Gasteiger charge is -2.11. The molecule has 1 aromatic heterocycles. The summed E-state index contributed by atoms with van der Waals surface area (Å²) in [6, 6.07) is 21.2. The number of Topliss-reactive ketones (excluding diaryl/α,β-unsaturated/α-hetero) is 1. The molecule has 0 aliphatic rings. The van der Waals surface area contributed by atoms with Gasteiger partial charge in [0.1, 0.15) is 11.5 Å². The highest BCUT2D eigenvalue weighted by molar-refractivity contribution is 9.10. The Balaban J connectivity index is 1.63. The van der Waals surface area contributed by atoms with E-state index in [2.05, 4.69) is 15.9 Å². The van der Waals surface area contributed by atoms with Crippen LogP contribution in [0.1, 0.15) is 20.7 Å². The van der Waals surface area contributed by atoms with Gasteiger partial charge in [-0.15, -0.1) is 0 Å². The monoisotopic (exact) mass is 505 g/mol. The van der Waals surface area contributed by atoms with E-state index in [0.29, 0.717) is 33.5 Å². The number of ether oxygens (including phenoxy) is 3. The Kier molecular flexibility index (Phi) is 6.70. The fourth-order valence-corrected chi connectivity index (χ4v) is 3.71. The summed E-state index contributed by atoms with van der Waals surface area (Å²) in [5, 5.41) is 0.628. The first-order valence-corrected chi connectivity index (χ1v) is 10.9. The predicted octanol–water partition coefficient (Wildman–Crippen LogP) is 5.72. The molecular weight excluding hydrogens is 486 g/mol. The molecular formula is C26H20BrNO5. The molecule has 7 heteroatoms. The fourth-order valence-electron chi connectivity index (χ4n) is 3.35. The third-order valence-corrected chi connectivity index (χ3v) is 5.62. The van der Waals surface area contributed by atoms with Crippen LogP contribution in [0.4, 0.5) is 0 Å². The molecule has 0 saturated carbocycles. The van der Waals surface area contributed by atoms with Crippen molar-refractivity contribution in [3.63, 3.8) is 0 Å². The van der Waals surface area contributed by atoms with Crippen molar-refractivity contribution in [1.29, 1.82) is 0 Å². The number of aromatic nitrogens is 1. The molecule has 0 bridgehead atoms. The molecule has 0 N–H and O–H groups in total. The van der Waals surface area contributed by atoms with Gasteiger partial charge in [0.25, 0.3) is 0 Å². The molecule has 0 spiro atoms. The Hall–Kier alpha value is -3.71. The van der Waals surface area contributed by atoms with Crippen LogP contribution in [0.5, 0.6) is 11.5 Å². The smallest absolute Gasteiger partial charge is 0.339 e. The number of methoxy groups -OCH3 is 2. The van der Waals surface area contributed by atoms with Crippen LogP contribution in [0, 0.1) is 0 Å². The van der Waals surface area contributed by atoms with Gasteiger partial charge in [0.05, 0.1) is 31.0 Å². The van der Waals surface area contributed by atoms with Gasteiger partial charge in [-0.2, -0.15) is 0 Å². The van der Waals surface area contributed by atoms with Crippen molar-refractivity contribution in [2.75, 3.05) is 20.8 Å². The number of ketones is 1. The molecule has 0 saturated heterocycles. The number of carbonyl (C=O) groups is 2. The van der Waals surface area contributed by atoms with Gasteiger partial charge >= 0.3 is 5.97 Å². The molecule has 4 aromatic rings. The van der Waals surface area contributed by atoms with Crippen LogP contribution in [-0.4, -0.2) is 37.6 Å². The van der Waals surface area contributed by atoms with E-state index in [1.54, 1.807) is 44.6 Å². The molecule has 0 amide bonds. The van der Waals surface area contributed by atoms with Crippen LogP contribution in [-0.2, 0) is 4.74 Å². The minimum atomic E-state index is -0.600. The quantitative estimate of drug-likeness (QED) is 0.236. The molecule has 1 heterocycles. The van der Waals surface area contributed by atoms with E-state index in [4.69, 9.17) is 19.2 Å². The Morgan fingerprint density at radius 2 is 1.48 bits per heavy atom. The number of halogens is 1. The molecule has 0 fully saturated rings. The summed E-state index contributed by atoms with van der Waals surface area (Å²) >= 11 is 3.44. The van der Waals surface area contributed by atoms with Crippen molar-refractivity contribution in [3.05, 3.63) is 88.4 Å². The maximum Gasteiger partial charge on any atom is 0.339 e. The maximum atomic E-state index is 13.0. The van der Waals surface area contributed by atoms with Crippen molar-refractivity contribution >= 4 is 38.6 Å². The molecule has 0 radical (unpaired) electrons. The van der Waals surface area contributed by atoms with Gasteiger partial charge in [0.15, 0.2) is 12.4 Å². The van der Waals surface area contributed by atoms with Crippen molar-refractivity contribution in [1.82, 2.24) is 4.98 Å². The molecule has 0 aliphatic carbocycles. The summed E-state index contributed by atoms with van der Waals surface area (Å²) in [7, 11) is 3.15. The number of hydrogen-bond acceptors (Lipinski definition) is 6. The van der Waals surface area contributed by atoms with Crippen LogP contribution in [0.25, 0.3) is 22.2 Å². The standard InChI is InChI=1S/C26H20BrNO5/c1-31-19-8-3-16(4-9-19)24-14-22(21-13-18(27)7-12-23(21)28-24)26(30)33-15-25(29)17-5-10-20(32-2)11-6-17/h3-14H,15H2,1-2H3. The maximum absolute atomic E-state index is 13.0. The molecule has 33 heavy (non-hydrogen) atoms. The number of benzene rings is 3. The lowest BCUT2D eigenvalue weighted by molar-refractivity contribution is 0.0476. The average Bonchev–Trinajstić information content (AvgIpc) is 2.86. The van der Waals surface area contributed by atoms with Gasteiger partial charge in [-0.3, -0.25) is 4.79 Å². The van der Waals surface area contributed by atoms with Crippen molar-refractivity contribution in [3.8, 4) is 22.8 Å². The number of esters is 1. The number of nitrogens with zero attached hydrogens (tertiary/aromatic N) is 1. The molecule has 4 rings (SSSR count). The van der Waals surface area contributed by atoms with Gasteiger partial charge in [-0.1, -0.05) is 15.9 Å². The third-order valence-electron chi connectivity index (χ3n) is 5.12. The Bertz CT molecular complexity index is 1320. The zero-order valence-electron chi connectivity index (χ0n) is 18.0. The molecule has 0 atom stereocenters. The van der Waals surface area contributed by atoms with E-state index in [1.165, 1.54) is 0 Å². The lowest BCUT2D eigenvalue weighted by Crippen LogP contribution is -2.15. The van der Waals surface area contributed by atoms with Crippen LogP contribution in [0.15, 0.2) is 77.3 Å². The molecule has 6 nitrogen and oxygen atoms in total. The van der Waals surface area contributed by atoms with E-state index >= 15 is 0 Å². The number of fused-ring (bicyclic) bond motifs is 1. The Morgan fingerprint density at radius 1 is 0.848 bits per heavy atom. The Labute approximate surface area is 199 Å². The summed E-state index contributed by atoms with van der Waals surface area (Å²) in [5.74, 6) is 0.460. The number of hydrogen-bond donors (Lipinski definition) is 0. The minimum absolute atomic E-state index is 0.305. The number of rotatable bonds is 7. The first-order valence-electron chi connectivity index (χ1n) is 10.1. The summed E-state index contributed by atoms with van der Waals surface area (Å²) in [5.41, 5.74) is 2.84. The zero-order chi connectivity index (χ0) is 23.4. The first-order chi connectivity index (χ1) is 16.0. The van der Waals surface area contributed by atoms with E-state index in [1.807, 2.05) is 42.5 Å². The van der Waals surface area contributed by atoms with Gasteiger partial charge in [-0.05, 0) is 72.8 Å². The van der Waals surface area contributed by atoms with Crippen molar-refractivity contribution < 1.29 is 23.8 Å². The number of pyridine rings is 1. The van der Waals surface area contributed by atoms with Crippen LogP contribution in [0.2, 0.25) is 0 Å². The predicted molar refractivity (Wildman–Crippen MR) is 129 cm³/mol. The fraction of sp³-hybridized carbons (Fsp3) is 0.115. The van der Waals surface area contributed by atoms with E-state index in [-0.39, 0.29) is 12.4 Å². The molecule has 166 valence electrons. The minimum Gasteiger partial charge on any atom is -0.497 e. The zero-order valence-corrected chi connectivity index (χ0v) is 19.6. The largest absolute Gasteiger partial charge is 0.497 e. The molecule has 3 aromatic carbocycles. The SMILES string of the molecule is COc1ccc(C(=O)COC(=O)c2cc(-c3ccc(OC)cc3)nc3ccc(Br)cc23)cc1. The summed E-state index contributed by atoms with van der Waals surface area (Å²) in [6.07, 6.45) is 0.